The number of Topliss-reactive ketones (excluding diaryl/α,β-unsaturated/α-hetero) is 1. The Morgan fingerprint density at radius 1 is 0.775 bits per heavy atom. The molecule has 1 atom stereocenters. The maximum atomic E-state index is 13.2. The van der Waals surface area contributed by atoms with Crippen molar-refractivity contribution in [1.82, 2.24) is 0 Å². The minimum Gasteiger partial charge on any atom is -0.871 e. The van der Waals surface area contributed by atoms with E-state index in [1.807, 2.05) is 48.6 Å². The van der Waals surface area contributed by atoms with Crippen LogP contribution >= 0.6 is 0 Å². The van der Waals surface area contributed by atoms with Crippen LogP contribution < -0.4 is 14.9 Å². The summed E-state index contributed by atoms with van der Waals surface area (Å²) in [6.07, 6.45) is 8.16. The van der Waals surface area contributed by atoms with Crippen LogP contribution in [-0.2, 0) is 17.9 Å². The van der Waals surface area contributed by atoms with Gasteiger partial charge in [0.2, 0.25) is 0 Å². The number of nitrogens with one attached hydrogen (secondary N) is 1. The third kappa shape index (κ3) is 5.73. The van der Waals surface area contributed by atoms with Crippen molar-refractivity contribution in [2.24, 2.45) is 0 Å². The average molecular weight is 531 g/mol. The SMILES string of the molecule is CC(C)N(Cc1ccccc1)c1ccc(C2=C([O-])C(=C3C=CC([NH+](Cc4ccccc4)C(C)C)C=C3)C2=O)cc1. The maximum Gasteiger partial charge on any atom is 0.193 e. The van der Waals surface area contributed by atoms with Gasteiger partial charge in [0.1, 0.15) is 12.6 Å². The summed E-state index contributed by atoms with van der Waals surface area (Å²) in [5.74, 6) is -0.328. The van der Waals surface area contributed by atoms with E-state index >= 15 is 0 Å². The number of anilines is 1. The predicted octanol–water partition coefficient (Wildman–Crippen LogP) is 5.04. The number of carbonyl (C=O) groups excluding carboxylic acids is 1. The second kappa shape index (κ2) is 11.9. The van der Waals surface area contributed by atoms with Crippen LogP contribution in [-0.4, -0.2) is 23.9 Å². The first-order chi connectivity index (χ1) is 19.3. The standard InChI is InChI=1S/C36H38N2O2/c1-25(2)37(23-27-11-7-5-8-12-27)31-19-15-29(16-20-31)33-35(39)34(36(33)40)30-17-21-32(22-18-30)38(26(3)4)24-28-13-9-6-10-14-28/h5-22,25-26,31,39H,23-24H2,1-4H3. The molecule has 0 saturated carbocycles. The van der Waals surface area contributed by atoms with Gasteiger partial charge in [0.25, 0.3) is 0 Å². The molecule has 1 N–H and O–H groups in total. The molecule has 0 spiro atoms. The summed E-state index contributed by atoms with van der Waals surface area (Å²) in [5.41, 5.74) is 5.59. The smallest absolute Gasteiger partial charge is 0.193 e. The molecule has 0 aliphatic heterocycles. The number of carbonyl (C=O) groups is 1. The number of hydrogen-bond donors (Lipinski definition) is 1. The molecular weight excluding hydrogens is 492 g/mol. The molecule has 0 heterocycles. The van der Waals surface area contributed by atoms with Gasteiger partial charge >= 0.3 is 0 Å². The van der Waals surface area contributed by atoms with E-state index in [9.17, 15) is 9.90 Å². The molecule has 0 saturated heterocycles. The van der Waals surface area contributed by atoms with Crippen LogP contribution in [0.15, 0.2) is 126 Å². The Hall–Kier alpha value is -4.15. The summed E-state index contributed by atoms with van der Waals surface area (Å²) >= 11 is 0. The first-order valence-electron chi connectivity index (χ1n) is 14.2. The highest BCUT2D eigenvalue weighted by atomic mass is 16.3. The number of quaternary nitrogens is 1. The summed E-state index contributed by atoms with van der Waals surface area (Å²) in [6, 6.07) is 29.6. The van der Waals surface area contributed by atoms with Crippen LogP contribution in [0, 0.1) is 0 Å². The van der Waals surface area contributed by atoms with Crippen LogP contribution in [0.1, 0.15) is 44.4 Å². The van der Waals surface area contributed by atoms with Crippen LogP contribution in [0.4, 0.5) is 5.69 Å². The highest BCUT2D eigenvalue weighted by molar-refractivity contribution is 6.39. The van der Waals surface area contributed by atoms with Crippen LogP contribution in [0.2, 0.25) is 0 Å². The minimum atomic E-state index is -0.164. The van der Waals surface area contributed by atoms with E-state index in [1.165, 1.54) is 16.0 Å². The zero-order chi connectivity index (χ0) is 28.2. The Morgan fingerprint density at radius 3 is 1.88 bits per heavy atom. The molecule has 2 aliphatic carbocycles. The van der Waals surface area contributed by atoms with Gasteiger partial charge < -0.3 is 14.9 Å². The normalized spacial score (nSPS) is 17.6. The molecule has 3 aromatic carbocycles. The summed E-state index contributed by atoms with van der Waals surface area (Å²) < 4.78 is 0. The molecule has 0 amide bonds. The number of hydrogen-bond acceptors (Lipinski definition) is 3. The van der Waals surface area contributed by atoms with Crippen molar-refractivity contribution in [2.75, 3.05) is 4.90 Å². The fourth-order valence-corrected chi connectivity index (χ4v) is 5.58. The Kier molecular flexibility index (Phi) is 8.18. The average Bonchev–Trinajstić information content (AvgIpc) is 2.96. The molecule has 204 valence electrons. The Morgan fingerprint density at radius 2 is 1.35 bits per heavy atom. The van der Waals surface area contributed by atoms with E-state index in [4.69, 9.17) is 0 Å². The molecule has 0 fully saturated rings. The summed E-state index contributed by atoms with van der Waals surface area (Å²) in [7, 11) is 0. The fraction of sp³-hybridized carbons (Fsp3) is 0.250. The fourth-order valence-electron chi connectivity index (χ4n) is 5.58. The predicted molar refractivity (Wildman–Crippen MR) is 161 cm³/mol. The van der Waals surface area contributed by atoms with Crippen LogP contribution in [0.25, 0.3) is 5.57 Å². The molecule has 1 unspecified atom stereocenters. The van der Waals surface area contributed by atoms with E-state index < -0.39 is 0 Å². The number of allylic oxidation sites excluding steroid dienone is 5. The van der Waals surface area contributed by atoms with Crippen LogP contribution in [0.3, 0.4) is 0 Å². The molecule has 40 heavy (non-hydrogen) atoms. The van der Waals surface area contributed by atoms with E-state index in [0.29, 0.717) is 28.8 Å². The number of ketones is 1. The summed E-state index contributed by atoms with van der Waals surface area (Å²) in [6.45, 7) is 10.5. The van der Waals surface area contributed by atoms with Gasteiger partial charge in [0.05, 0.1) is 6.04 Å². The lowest BCUT2D eigenvalue weighted by Gasteiger charge is -2.34. The first-order valence-corrected chi connectivity index (χ1v) is 14.2. The van der Waals surface area contributed by atoms with Gasteiger partial charge in [-0.3, -0.25) is 4.79 Å². The second-order valence-electron chi connectivity index (χ2n) is 11.3. The lowest BCUT2D eigenvalue weighted by molar-refractivity contribution is -0.946. The van der Waals surface area contributed by atoms with Gasteiger partial charge in [0.15, 0.2) is 5.78 Å². The molecule has 0 bridgehead atoms. The maximum absolute atomic E-state index is 13.2. The topological polar surface area (TPSA) is 47.8 Å². The summed E-state index contributed by atoms with van der Waals surface area (Å²) in [4.78, 5) is 16.9. The Labute approximate surface area is 238 Å². The molecule has 4 nitrogen and oxygen atoms in total. The third-order valence-electron chi connectivity index (χ3n) is 7.89. The van der Waals surface area contributed by atoms with Gasteiger partial charge in [-0.25, -0.2) is 0 Å². The zero-order valence-electron chi connectivity index (χ0n) is 23.8. The van der Waals surface area contributed by atoms with Crippen molar-refractivity contribution in [3.05, 3.63) is 143 Å². The Balaban J connectivity index is 1.32. The molecule has 0 radical (unpaired) electrons. The van der Waals surface area contributed by atoms with Gasteiger partial charge in [-0.2, -0.15) is 0 Å². The molecule has 0 aromatic heterocycles. The van der Waals surface area contributed by atoms with Gasteiger partial charge in [-0.05, 0) is 68.7 Å². The Bertz CT molecular complexity index is 1450. The molecule has 4 heteroatoms. The lowest BCUT2D eigenvalue weighted by Crippen LogP contribution is -3.17. The lowest BCUT2D eigenvalue weighted by atomic mass is 9.80. The molecule has 3 aromatic rings. The second-order valence-corrected chi connectivity index (χ2v) is 11.3. The zero-order valence-corrected chi connectivity index (χ0v) is 23.8. The number of nitrogens with zero attached hydrogens (tertiary/aromatic N) is 1. The van der Waals surface area contributed by atoms with Crippen molar-refractivity contribution in [3.63, 3.8) is 0 Å². The van der Waals surface area contributed by atoms with Crippen LogP contribution in [0.5, 0.6) is 0 Å². The highest BCUT2D eigenvalue weighted by Gasteiger charge is 2.31. The monoisotopic (exact) mass is 530 g/mol. The molecular formula is C36H38N2O2. The summed E-state index contributed by atoms with van der Waals surface area (Å²) in [5, 5.41) is 13.2. The van der Waals surface area contributed by atoms with Crippen molar-refractivity contribution in [1.29, 1.82) is 0 Å². The van der Waals surface area contributed by atoms with E-state index in [-0.39, 0.29) is 23.2 Å². The van der Waals surface area contributed by atoms with E-state index in [2.05, 4.69) is 93.3 Å². The molecule has 5 rings (SSSR count). The van der Waals surface area contributed by atoms with Gasteiger partial charge in [-0.15, -0.1) is 0 Å². The van der Waals surface area contributed by atoms with E-state index in [1.54, 1.807) is 0 Å². The largest absolute Gasteiger partial charge is 0.871 e. The number of benzene rings is 3. The van der Waals surface area contributed by atoms with Crippen molar-refractivity contribution >= 4 is 17.0 Å². The molecule has 2 aliphatic rings. The first kappa shape index (κ1) is 27.4. The van der Waals surface area contributed by atoms with Gasteiger partial charge in [0, 0.05) is 35.0 Å². The van der Waals surface area contributed by atoms with Gasteiger partial charge in [-0.1, -0.05) is 90.7 Å². The van der Waals surface area contributed by atoms with Crippen molar-refractivity contribution < 1.29 is 14.8 Å². The highest BCUT2D eigenvalue weighted by Crippen LogP contribution is 2.38. The number of rotatable bonds is 9. The van der Waals surface area contributed by atoms with E-state index in [0.717, 1.165) is 18.8 Å². The minimum absolute atomic E-state index is 0.164. The quantitative estimate of drug-likeness (QED) is 0.395. The third-order valence-corrected chi connectivity index (χ3v) is 7.89. The van der Waals surface area contributed by atoms with Crippen molar-refractivity contribution in [3.8, 4) is 0 Å². The van der Waals surface area contributed by atoms with Crippen molar-refractivity contribution in [2.45, 2.75) is 58.9 Å².